The second-order valence-electron chi connectivity index (χ2n) is 6.09. The smallest absolute Gasteiger partial charge is 0.224 e. The lowest BCUT2D eigenvalue weighted by Gasteiger charge is -2.37. The maximum absolute atomic E-state index is 12.3. The van der Waals surface area contributed by atoms with Crippen LogP contribution < -0.4 is 10.2 Å². The third-order valence-electron chi connectivity index (χ3n) is 4.70. The number of benzene rings is 1. The number of anilines is 1. The zero-order valence-electron chi connectivity index (χ0n) is 12.8. The first-order valence-electron chi connectivity index (χ1n) is 8.09. The van der Waals surface area contributed by atoms with Crippen LogP contribution in [0.3, 0.4) is 0 Å². The molecule has 4 nitrogen and oxygen atoms in total. The number of hydrogen-bond acceptors (Lipinski definition) is 3. The molecule has 3 rings (SSSR count). The number of nitrogens with zero attached hydrogens (tertiary/aromatic N) is 2. The molecule has 1 unspecified atom stereocenters. The van der Waals surface area contributed by atoms with Crippen LogP contribution in [0, 0.1) is 0 Å². The fourth-order valence-corrected chi connectivity index (χ4v) is 3.39. The van der Waals surface area contributed by atoms with Gasteiger partial charge in [-0.05, 0) is 31.4 Å². The van der Waals surface area contributed by atoms with Crippen molar-refractivity contribution in [1.82, 2.24) is 10.2 Å². The minimum atomic E-state index is 0.298. The van der Waals surface area contributed by atoms with Gasteiger partial charge in [-0.25, -0.2) is 0 Å². The Balaban J connectivity index is 1.63. The Morgan fingerprint density at radius 2 is 2.05 bits per heavy atom. The van der Waals surface area contributed by atoms with E-state index in [0.29, 0.717) is 18.4 Å². The lowest BCUT2D eigenvalue weighted by atomic mass is 9.96. The van der Waals surface area contributed by atoms with Crippen LogP contribution in [0.2, 0.25) is 0 Å². The van der Waals surface area contributed by atoms with E-state index >= 15 is 0 Å². The van der Waals surface area contributed by atoms with E-state index in [1.807, 2.05) is 4.90 Å². The molecule has 0 radical (unpaired) electrons. The van der Waals surface area contributed by atoms with Gasteiger partial charge >= 0.3 is 0 Å². The van der Waals surface area contributed by atoms with Crippen LogP contribution in [-0.4, -0.2) is 49.6 Å². The zero-order chi connectivity index (χ0) is 14.7. The minimum Gasteiger partial charge on any atom is -0.368 e. The van der Waals surface area contributed by atoms with E-state index in [9.17, 15) is 4.79 Å². The van der Waals surface area contributed by atoms with E-state index in [1.165, 1.54) is 17.7 Å². The Morgan fingerprint density at radius 1 is 1.29 bits per heavy atom. The lowest BCUT2D eigenvalue weighted by molar-refractivity contribution is -0.131. The maximum atomic E-state index is 12.3. The van der Waals surface area contributed by atoms with Crippen molar-refractivity contribution in [3.05, 3.63) is 29.8 Å². The highest BCUT2D eigenvalue weighted by Gasteiger charge is 2.24. The van der Waals surface area contributed by atoms with Gasteiger partial charge in [-0.3, -0.25) is 4.79 Å². The van der Waals surface area contributed by atoms with Crippen molar-refractivity contribution in [2.75, 3.05) is 37.6 Å². The summed E-state index contributed by atoms with van der Waals surface area (Å²) in [5.74, 6) is 0.298. The van der Waals surface area contributed by atoms with Crippen molar-refractivity contribution in [3.8, 4) is 0 Å². The zero-order valence-corrected chi connectivity index (χ0v) is 12.8. The van der Waals surface area contributed by atoms with Gasteiger partial charge in [0.05, 0.1) is 0 Å². The van der Waals surface area contributed by atoms with Crippen LogP contribution in [0.4, 0.5) is 5.69 Å². The van der Waals surface area contributed by atoms with E-state index in [1.54, 1.807) is 0 Å². The van der Waals surface area contributed by atoms with Crippen molar-refractivity contribution in [3.63, 3.8) is 0 Å². The molecule has 2 aliphatic rings. The molecule has 1 fully saturated rings. The summed E-state index contributed by atoms with van der Waals surface area (Å²) >= 11 is 0. The largest absolute Gasteiger partial charge is 0.368 e. The van der Waals surface area contributed by atoms with Crippen LogP contribution in [-0.2, 0) is 11.2 Å². The van der Waals surface area contributed by atoms with Crippen molar-refractivity contribution in [1.29, 1.82) is 0 Å². The van der Waals surface area contributed by atoms with Gasteiger partial charge in [-0.2, -0.15) is 0 Å². The van der Waals surface area contributed by atoms with Crippen molar-refractivity contribution in [2.45, 2.75) is 32.2 Å². The molecule has 0 spiro atoms. The highest BCUT2D eigenvalue weighted by atomic mass is 16.2. The van der Waals surface area contributed by atoms with Gasteiger partial charge in [-0.1, -0.05) is 18.2 Å². The number of rotatable bonds is 3. The second-order valence-corrected chi connectivity index (χ2v) is 6.09. The average Bonchev–Trinajstić information content (AvgIpc) is 2.54. The molecule has 1 saturated heterocycles. The molecule has 0 aliphatic carbocycles. The number of amides is 1. The number of para-hydroxylation sites is 1. The third kappa shape index (κ3) is 3.21. The van der Waals surface area contributed by atoms with Gasteiger partial charge in [0, 0.05) is 50.9 Å². The first kappa shape index (κ1) is 14.4. The monoisotopic (exact) mass is 287 g/mol. The molecule has 4 heteroatoms. The van der Waals surface area contributed by atoms with Crippen molar-refractivity contribution < 1.29 is 4.79 Å². The van der Waals surface area contributed by atoms with E-state index in [-0.39, 0.29) is 0 Å². The van der Waals surface area contributed by atoms with Crippen LogP contribution in [0.15, 0.2) is 24.3 Å². The summed E-state index contributed by atoms with van der Waals surface area (Å²) in [6, 6.07) is 9.14. The predicted octanol–water partition coefficient (Wildman–Crippen LogP) is 1.65. The molecule has 0 aromatic heterocycles. The highest BCUT2D eigenvalue weighted by molar-refractivity contribution is 5.77. The number of fused-ring (bicyclic) bond motifs is 1. The van der Waals surface area contributed by atoms with Gasteiger partial charge in [0.1, 0.15) is 0 Å². The molecule has 1 N–H and O–H groups in total. The van der Waals surface area contributed by atoms with Gasteiger partial charge in [-0.15, -0.1) is 0 Å². The third-order valence-corrected chi connectivity index (χ3v) is 4.70. The molecule has 2 heterocycles. The quantitative estimate of drug-likeness (QED) is 0.918. The van der Waals surface area contributed by atoms with Crippen LogP contribution in [0.1, 0.15) is 25.3 Å². The minimum absolute atomic E-state index is 0.298. The van der Waals surface area contributed by atoms with E-state index < -0.39 is 0 Å². The number of aryl methyl sites for hydroxylation is 1. The van der Waals surface area contributed by atoms with Gasteiger partial charge in [0.15, 0.2) is 0 Å². The van der Waals surface area contributed by atoms with Crippen LogP contribution in [0.5, 0.6) is 0 Å². The van der Waals surface area contributed by atoms with Crippen LogP contribution >= 0.6 is 0 Å². The Labute approximate surface area is 127 Å². The molecule has 114 valence electrons. The molecule has 0 saturated carbocycles. The first-order chi connectivity index (χ1) is 10.3. The van der Waals surface area contributed by atoms with Crippen molar-refractivity contribution in [2.24, 2.45) is 0 Å². The summed E-state index contributed by atoms with van der Waals surface area (Å²) in [6.07, 6.45) is 2.96. The first-order valence-corrected chi connectivity index (χ1v) is 8.09. The predicted molar refractivity (Wildman–Crippen MR) is 85.6 cm³/mol. The Morgan fingerprint density at radius 3 is 2.86 bits per heavy atom. The standard InChI is InChI=1S/C17H25N3O/c1-14-6-7-15-4-2-3-5-16(15)20(14)11-8-17(21)19-12-9-18-10-13-19/h2-5,14,18H,6-13H2,1H3. The molecule has 0 bridgehead atoms. The maximum Gasteiger partial charge on any atom is 0.224 e. The van der Waals surface area contributed by atoms with E-state index in [0.717, 1.165) is 39.1 Å². The molecule has 1 aromatic rings. The SMILES string of the molecule is CC1CCc2ccccc2N1CCC(=O)N1CCNCC1. The Kier molecular flexibility index (Phi) is 4.44. The summed E-state index contributed by atoms with van der Waals surface area (Å²) in [7, 11) is 0. The number of carbonyl (C=O) groups excluding carboxylic acids is 1. The van der Waals surface area contributed by atoms with Gasteiger partial charge in [0.25, 0.3) is 0 Å². The van der Waals surface area contributed by atoms with Gasteiger partial charge < -0.3 is 15.1 Å². The fraction of sp³-hybridized carbons (Fsp3) is 0.588. The topological polar surface area (TPSA) is 35.6 Å². The summed E-state index contributed by atoms with van der Waals surface area (Å²) < 4.78 is 0. The lowest BCUT2D eigenvalue weighted by Crippen LogP contribution is -2.47. The molecule has 2 aliphatic heterocycles. The molecule has 21 heavy (non-hydrogen) atoms. The number of carbonyl (C=O) groups is 1. The normalized spacial score (nSPS) is 22.0. The summed E-state index contributed by atoms with van der Waals surface area (Å²) in [4.78, 5) is 16.7. The van der Waals surface area contributed by atoms with E-state index in [2.05, 4.69) is 41.4 Å². The number of hydrogen-bond donors (Lipinski definition) is 1. The Bertz CT molecular complexity index is 497. The molecule has 1 amide bonds. The molecular weight excluding hydrogens is 262 g/mol. The number of nitrogens with one attached hydrogen (secondary N) is 1. The molecule has 1 aromatic carbocycles. The second kappa shape index (κ2) is 6.48. The van der Waals surface area contributed by atoms with Crippen molar-refractivity contribution >= 4 is 11.6 Å². The number of piperazine rings is 1. The highest BCUT2D eigenvalue weighted by Crippen LogP contribution is 2.30. The average molecular weight is 287 g/mol. The molecular formula is C17H25N3O. The van der Waals surface area contributed by atoms with Crippen LogP contribution in [0.25, 0.3) is 0 Å². The Hall–Kier alpha value is -1.55. The molecule has 1 atom stereocenters. The summed E-state index contributed by atoms with van der Waals surface area (Å²) in [6.45, 7) is 6.66. The fourth-order valence-electron chi connectivity index (χ4n) is 3.39. The van der Waals surface area contributed by atoms with Gasteiger partial charge in [0.2, 0.25) is 5.91 Å². The summed E-state index contributed by atoms with van der Waals surface area (Å²) in [5.41, 5.74) is 2.74. The van der Waals surface area contributed by atoms with E-state index in [4.69, 9.17) is 0 Å². The summed E-state index contributed by atoms with van der Waals surface area (Å²) in [5, 5.41) is 3.29.